The van der Waals surface area contributed by atoms with Gasteiger partial charge < -0.3 is 10.5 Å². The molecule has 3 aromatic carbocycles. The van der Waals surface area contributed by atoms with Crippen LogP contribution in [-0.2, 0) is 4.79 Å². The largest absolute Gasteiger partial charge is 0.573 e. The number of alkyl halides is 3. The molecule has 0 atom stereocenters. The van der Waals surface area contributed by atoms with Gasteiger partial charge in [-0.05, 0) is 66.4 Å². The number of aliphatic imine (C=N–C) groups is 2. The molecule has 226 valence electrons. The van der Waals surface area contributed by atoms with E-state index >= 15 is 0 Å². The van der Waals surface area contributed by atoms with Crippen LogP contribution in [-0.4, -0.2) is 50.0 Å². The number of hydrogen-bond acceptors (Lipinski definition) is 7. The average Bonchev–Trinajstić information content (AvgIpc) is 3.54. The molecule has 4 aromatic rings. The summed E-state index contributed by atoms with van der Waals surface area (Å²) in [6.45, 7) is 5.98. The molecule has 0 radical (unpaired) electrons. The Labute approximate surface area is 256 Å². The van der Waals surface area contributed by atoms with Gasteiger partial charge in [-0.15, -0.1) is 13.2 Å². The number of ether oxygens (including phenoxy) is 1. The van der Waals surface area contributed by atoms with Crippen LogP contribution in [0.4, 0.5) is 24.5 Å². The molecule has 44 heavy (non-hydrogen) atoms. The lowest BCUT2D eigenvalue weighted by atomic mass is 10.0. The molecule has 5 rings (SSSR count). The lowest BCUT2D eigenvalue weighted by Gasteiger charge is -2.12. The summed E-state index contributed by atoms with van der Waals surface area (Å²) < 4.78 is 42.7. The summed E-state index contributed by atoms with van der Waals surface area (Å²) in [6, 6.07) is 20.3. The second-order valence-electron chi connectivity index (χ2n) is 10.0. The summed E-state index contributed by atoms with van der Waals surface area (Å²) in [5, 5.41) is 10.8. The van der Waals surface area contributed by atoms with Crippen molar-refractivity contribution in [1.82, 2.24) is 14.8 Å². The molecule has 13 heteroatoms. The van der Waals surface area contributed by atoms with Crippen molar-refractivity contribution >= 4 is 46.3 Å². The highest BCUT2D eigenvalue weighted by atomic mass is 32.2. The zero-order valence-corrected chi connectivity index (χ0v) is 24.8. The Morgan fingerprint density at radius 3 is 2.45 bits per heavy atom. The SMILES string of the molecule is Cc1nn(-c2ccc(C=NN3C(=O)CS/C3=N\c3ccccc3C(C)C)cc2)cc1C(N)=Nc1ccc(OC(F)(F)F)cc1. The number of aryl methyl sites for hydroxylation is 1. The number of hydrazone groups is 1. The first kappa shape index (κ1) is 30.5. The van der Waals surface area contributed by atoms with Gasteiger partial charge in [-0.1, -0.05) is 55.9 Å². The summed E-state index contributed by atoms with van der Waals surface area (Å²) in [5.41, 5.74) is 11.2. The van der Waals surface area contributed by atoms with Gasteiger partial charge in [0.1, 0.15) is 11.6 Å². The van der Waals surface area contributed by atoms with Crippen LogP contribution >= 0.6 is 11.8 Å². The van der Waals surface area contributed by atoms with Crippen LogP contribution in [0.2, 0.25) is 0 Å². The molecular formula is C31H28F3N7O2S. The Morgan fingerprint density at radius 1 is 1.07 bits per heavy atom. The third kappa shape index (κ3) is 7.35. The lowest BCUT2D eigenvalue weighted by molar-refractivity contribution is -0.274. The summed E-state index contributed by atoms with van der Waals surface area (Å²) in [4.78, 5) is 21.6. The highest BCUT2D eigenvalue weighted by Crippen LogP contribution is 2.30. The van der Waals surface area contributed by atoms with Gasteiger partial charge in [-0.25, -0.2) is 14.7 Å². The normalized spacial score (nSPS) is 15.2. The average molecular weight is 620 g/mol. The molecule has 1 saturated heterocycles. The topological polar surface area (TPSA) is 110 Å². The van der Waals surface area contributed by atoms with E-state index < -0.39 is 6.36 Å². The van der Waals surface area contributed by atoms with Crippen molar-refractivity contribution in [1.29, 1.82) is 0 Å². The second kappa shape index (κ2) is 12.8. The molecule has 9 nitrogen and oxygen atoms in total. The van der Waals surface area contributed by atoms with Crippen LogP contribution in [0.5, 0.6) is 5.75 Å². The first-order valence-electron chi connectivity index (χ1n) is 13.5. The van der Waals surface area contributed by atoms with Gasteiger partial charge in [0, 0.05) is 6.20 Å². The molecule has 0 saturated carbocycles. The first-order valence-corrected chi connectivity index (χ1v) is 14.5. The molecule has 2 heterocycles. The quantitative estimate of drug-likeness (QED) is 0.172. The maximum atomic E-state index is 12.6. The van der Waals surface area contributed by atoms with Gasteiger partial charge in [0.25, 0.3) is 5.91 Å². The number of carbonyl (C=O) groups excluding carboxylic acids is 1. The van der Waals surface area contributed by atoms with E-state index in [9.17, 15) is 18.0 Å². The Kier molecular flexibility index (Phi) is 8.86. The molecule has 1 fully saturated rings. The van der Waals surface area contributed by atoms with Crippen LogP contribution in [0.25, 0.3) is 5.69 Å². The highest BCUT2D eigenvalue weighted by molar-refractivity contribution is 8.15. The van der Waals surface area contributed by atoms with E-state index in [0.717, 1.165) is 22.5 Å². The summed E-state index contributed by atoms with van der Waals surface area (Å²) in [5.74, 6) is 0.217. The molecule has 2 N–H and O–H groups in total. The van der Waals surface area contributed by atoms with Crippen molar-refractivity contribution in [2.75, 3.05) is 5.75 Å². The molecule has 1 aliphatic heterocycles. The van der Waals surface area contributed by atoms with Crippen molar-refractivity contribution in [2.24, 2.45) is 20.8 Å². The zero-order chi connectivity index (χ0) is 31.4. The number of thioether (sulfide) groups is 1. The lowest BCUT2D eigenvalue weighted by Crippen LogP contribution is -2.23. The van der Waals surface area contributed by atoms with Crippen LogP contribution in [0.3, 0.4) is 0 Å². The number of aromatic nitrogens is 2. The third-order valence-electron chi connectivity index (χ3n) is 6.49. The molecule has 1 aromatic heterocycles. The Hall–Kier alpha value is -4.91. The maximum Gasteiger partial charge on any atom is 0.573 e. The fraction of sp³-hybridized carbons (Fsp3) is 0.194. The van der Waals surface area contributed by atoms with E-state index in [1.54, 1.807) is 24.0 Å². The standard InChI is InChI=1S/C31H28F3N7O2S/c1-19(2)25-6-4-5-7-27(25)38-30-41(28(42)18-44-30)36-16-21-8-12-23(13-9-21)40-17-26(20(3)39-40)29(35)37-22-10-14-24(15-11-22)43-31(32,33)34/h4-17,19H,18H2,1-3H3,(H2,35,37)/b36-16?,38-30-. The number of benzene rings is 3. The molecule has 1 aliphatic rings. The van der Waals surface area contributed by atoms with Crippen LogP contribution in [0.15, 0.2) is 94.1 Å². The molecular weight excluding hydrogens is 591 g/mol. The third-order valence-corrected chi connectivity index (χ3v) is 7.41. The predicted octanol–water partition coefficient (Wildman–Crippen LogP) is 6.84. The number of hydrogen-bond donors (Lipinski definition) is 1. The Bertz CT molecular complexity index is 1750. The van der Waals surface area contributed by atoms with Crippen LogP contribution in [0, 0.1) is 6.92 Å². The van der Waals surface area contributed by atoms with Gasteiger partial charge in [0.05, 0.1) is 40.3 Å². The zero-order valence-electron chi connectivity index (χ0n) is 24.0. The van der Waals surface area contributed by atoms with E-state index in [0.29, 0.717) is 22.1 Å². The van der Waals surface area contributed by atoms with Crippen molar-refractivity contribution in [3.05, 3.63) is 101 Å². The number of rotatable bonds is 8. The van der Waals surface area contributed by atoms with Crippen LogP contribution < -0.4 is 10.5 Å². The number of halogens is 3. The minimum absolute atomic E-state index is 0.145. The minimum Gasteiger partial charge on any atom is -0.406 e. The van der Waals surface area contributed by atoms with Gasteiger partial charge in [-0.3, -0.25) is 4.79 Å². The van der Waals surface area contributed by atoms with Gasteiger partial charge >= 0.3 is 6.36 Å². The van der Waals surface area contributed by atoms with Crippen molar-refractivity contribution < 1.29 is 22.7 Å². The number of carbonyl (C=O) groups is 1. The maximum absolute atomic E-state index is 12.6. The summed E-state index contributed by atoms with van der Waals surface area (Å²) in [7, 11) is 0. The Morgan fingerprint density at radius 2 is 1.77 bits per heavy atom. The van der Waals surface area contributed by atoms with E-state index in [2.05, 4.69) is 33.8 Å². The summed E-state index contributed by atoms with van der Waals surface area (Å²) >= 11 is 1.35. The molecule has 1 amide bonds. The number of amidine groups is 2. The first-order chi connectivity index (χ1) is 21.0. The van der Waals surface area contributed by atoms with Crippen molar-refractivity contribution in [2.45, 2.75) is 33.1 Å². The van der Waals surface area contributed by atoms with Gasteiger partial charge in [0.15, 0.2) is 5.17 Å². The second-order valence-corrected chi connectivity index (χ2v) is 11.0. The van der Waals surface area contributed by atoms with E-state index in [-0.39, 0.29) is 29.2 Å². The molecule has 0 aliphatic carbocycles. The van der Waals surface area contributed by atoms with E-state index in [1.165, 1.54) is 41.0 Å². The van der Waals surface area contributed by atoms with Crippen molar-refractivity contribution in [3.8, 4) is 11.4 Å². The fourth-order valence-corrected chi connectivity index (χ4v) is 5.14. The highest BCUT2D eigenvalue weighted by Gasteiger charge is 2.31. The number of para-hydroxylation sites is 1. The fourth-order valence-electron chi connectivity index (χ4n) is 4.33. The Balaban J connectivity index is 1.29. The summed E-state index contributed by atoms with van der Waals surface area (Å²) in [6.07, 6.45) is -1.45. The van der Waals surface area contributed by atoms with Gasteiger partial charge in [-0.2, -0.15) is 15.2 Å². The molecule has 0 unspecified atom stereocenters. The number of amides is 1. The predicted molar refractivity (Wildman–Crippen MR) is 166 cm³/mol. The monoisotopic (exact) mass is 619 g/mol. The van der Waals surface area contributed by atoms with E-state index in [4.69, 9.17) is 10.7 Å². The molecule has 0 spiro atoms. The van der Waals surface area contributed by atoms with E-state index in [1.807, 2.05) is 48.5 Å². The number of nitrogens with zero attached hydrogens (tertiary/aromatic N) is 6. The number of nitrogens with two attached hydrogens (primary N) is 1. The minimum atomic E-state index is -4.77. The van der Waals surface area contributed by atoms with Gasteiger partial charge in [0.2, 0.25) is 0 Å². The van der Waals surface area contributed by atoms with Crippen LogP contribution in [0.1, 0.15) is 42.1 Å². The smallest absolute Gasteiger partial charge is 0.406 e. The molecule has 0 bridgehead atoms. The van der Waals surface area contributed by atoms with Crippen molar-refractivity contribution in [3.63, 3.8) is 0 Å².